The minimum Gasteiger partial charge on any atom is -0.370 e. The Hall–Kier alpha value is -1.10. The molecule has 0 aliphatic carbocycles. The summed E-state index contributed by atoms with van der Waals surface area (Å²) in [6.07, 6.45) is 0.978. The summed E-state index contributed by atoms with van der Waals surface area (Å²) in [4.78, 5) is 23.3. The van der Waals surface area contributed by atoms with Crippen LogP contribution in [0.5, 0.6) is 0 Å². The molecule has 0 saturated carbocycles. The van der Waals surface area contributed by atoms with Crippen LogP contribution in [-0.2, 0) is 14.3 Å². The standard InChI is InChI=1S/C8H14N2O3/c9-7(11)2-1-3-10-4-5-13-6-8(10)12/h1-6H2,(H2,9,11). The number of hydrogen-bond acceptors (Lipinski definition) is 3. The lowest BCUT2D eigenvalue weighted by Crippen LogP contribution is -2.42. The number of morpholine rings is 1. The summed E-state index contributed by atoms with van der Waals surface area (Å²) in [6, 6.07) is 0. The number of primary amides is 1. The van der Waals surface area contributed by atoms with Crippen LogP contribution in [0, 0.1) is 0 Å². The van der Waals surface area contributed by atoms with E-state index in [0.29, 0.717) is 32.5 Å². The van der Waals surface area contributed by atoms with Crippen molar-refractivity contribution >= 4 is 11.8 Å². The molecule has 0 radical (unpaired) electrons. The van der Waals surface area contributed by atoms with Crippen molar-refractivity contribution in [2.45, 2.75) is 12.8 Å². The van der Waals surface area contributed by atoms with E-state index in [1.807, 2.05) is 0 Å². The molecule has 1 aliphatic heterocycles. The topological polar surface area (TPSA) is 72.6 Å². The average molecular weight is 186 g/mol. The van der Waals surface area contributed by atoms with Gasteiger partial charge in [-0.15, -0.1) is 0 Å². The van der Waals surface area contributed by atoms with Gasteiger partial charge in [0.05, 0.1) is 6.61 Å². The van der Waals surface area contributed by atoms with E-state index in [2.05, 4.69) is 0 Å². The Bertz CT molecular complexity index is 206. The highest BCUT2D eigenvalue weighted by Gasteiger charge is 2.17. The van der Waals surface area contributed by atoms with Gasteiger partial charge in [0.1, 0.15) is 6.61 Å². The molecule has 0 aromatic heterocycles. The van der Waals surface area contributed by atoms with Crippen molar-refractivity contribution < 1.29 is 14.3 Å². The predicted molar refractivity (Wildman–Crippen MR) is 45.8 cm³/mol. The molecule has 5 heteroatoms. The molecular weight excluding hydrogens is 172 g/mol. The third kappa shape index (κ3) is 3.42. The third-order valence-corrected chi connectivity index (χ3v) is 1.93. The molecule has 1 heterocycles. The van der Waals surface area contributed by atoms with Crippen molar-refractivity contribution in [3.8, 4) is 0 Å². The maximum Gasteiger partial charge on any atom is 0.248 e. The summed E-state index contributed by atoms with van der Waals surface area (Å²) in [5.74, 6) is -0.323. The summed E-state index contributed by atoms with van der Waals surface area (Å²) in [5, 5.41) is 0. The molecule has 13 heavy (non-hydrogen) atoms. The second-order valence-corrected chi connectivity index (χ2v) is 3.00. The molecule has 0 aromatic rings. The van der Waals surface area contributed by atoms with E-state index in [0.717, 1.165) is 0 Å². The van der Waals surface area contributed by atoms with E-state index in [1.54, 1.807) is 4.90 Å². The Morgan fingerprint density at radius 1 is 1.62 bits per heavy atom. The van der Waals surface area contributed by atoms with Crippen molar-refractivity contribution in [1.29, 1.82) is 0 Å². The van der Waals surface area contributed by atoms with Crippen molar-refractivity contribution in [1.82, 2.24) is 4.90 Å². The average Bonchev–Trinajstić information content (AvgIpc) is 2.08. The highest BCUT2D eigenvalue weighted by Crippen LogP contribution is 2.01. The summed E-state index contributed by atoms with van der Waals surface area (Å²) in [5.41, 5.74) is 4.98. The molecule has 1 rings (SSSR count). The molecule has 1 fully saturated rings. The Labute approximate surface area is 76.8 Å². The fraction of sp³-hybridized carbons (Fsp3) is 0.750. The number of amides is 2. The fourth-order valence-electron chi connectivity index (χ4n) is 1.23. The van der Waals surface area contributed by atoms with Gasteiger partial charge < -0.3 is 15.4 Å². The highest BCUT2D eigenvalue weighted by molar-refractivity contribution is 5.78. The highest BCUT2D eigenvalue weighted by atomic mass is 16.5. The molecule has 0 aromatic carbocycles. The molecule has 74 valence electrons. The van der Waals surface area contributed by atoms with Crippen molar-refractivity contribution in [2.75, 3.05) is 26.3 Å². The van der Waals surface area contributed by atoms with E-state index in [1.165, 1.54) is 0 Å². The second-order valence-electron chi connectivity index (χ2n) is 3.00. The first-order valence-electron chi connectivity index (χ1n) is 4.34. The van der Waals surface area contributed by atoms with Crippen molar-refractivity contribution in [3.05, 3.63) is 0 Å². The number of carbonyl (C=O) groups is 2. The van der Waals surface area contributed by atoms with Crippen LogP contribution in [0.15, 0.2) is 0 Å². The molecule has 2 N–H and O–H groups in total. The maximum atomic E-state index is 11.2. The molecular formula is C8H14N2O3. The van der Waals surface area contributed by atoms with Crippen LogP contribution in [-0.4, -0.2) is 43.0 Å². The maximum absolute atomic E-state index is 11.2. The van der Waals surface area contributed by atoms with Crippen molar-refractivity contribution in [3.63, 3.8) is 0 Å². The number of nitrogens with two attached hydrogens (primary N) is 1. The summed E-state index contributed by atoms with van der Waals surface area (Å²) in [6.45, 7) is 1.97. The first-order valence-corrected chi connectivity index (χ1v) is 4.34. The lowest BCUT2D eigenvalue weighted by atomic mass is 10.2. The second kappa shape index (κ2) is 4.81. The lowest BCUT2D eigenvalue weighted by Gasteiger charge is -2.26. The van der Waals surface area contributed by atoms with Gasteiger partial charge >= 0.3 is 0 Å². The molecule has 2 amide bonds. The molecule has 5 nitrogen and oxygen atoms in total. The van der Waals surface area contributed by atoms with E-state index in [-0.39, 0.29) is 18.4 Å². The number of hydrogen-bond donors (Lipinski definition) is 1. The SMILES string of the molecule is NC(=O)CCCN1CCOCC1=O. The van der Waals surface area contributed by atoms with Gasteiger partial charge in [-0.25, -0.2) is 0 Å². The van der Waals surface area contributed by atoms with Gasteiger partial charge in [0, 0.05) is 19.5 Å². The van der Waals surface area contributed by atoms with Gasteiger partial charge in [0.15, 0.2) is 0 Å². The van der Waals surface area contributed by atoms with E-state index in [9.17, 15) is 9.59 Å². The van der Waals surface area contributed by atoms with E-state index < -0.39 is 0 Å². The normalized spacial score (nSPS) is 17.5. The van der Waals surface area contributed by atoms with Crippen LogP contribution in [0.25, 0.3) is 0 Å². The molecule has 1 saturated heterocycles. The Morgan fingerprint density at radius 3 is 3.00 bits per heavy atom. The van der Waals surface area contributed by atoms with Crippen LogP contribution in [0.3, 0.4) is 0 Å². The van der Waals surface area contributed by atoms with Gasteiger partial charge in [0.25, 0.3) is 0 Å². The molecule has 0 atom stereocenters. The van der Waals surface area contributed by atoms with Gasteiger partial charge in [-0.05, 0) is 6.42 Å². The quantitative estimate of drug-likeness (QED) is 0.619. The molecule has 0 spiro atoms. The minimum absolute atomic E-state index is 0.00396. The van der Waals surface area contributed by atoms with Gasteiger partial charge in [-0.3, -0.25) is 9.59 Å². The minimum atomic E-state index is -0.319. The van der Waals surface area contributed by atoms with Gasteiger partial charge in [-0.1, -0.05) is 0 Å². The van der Waals surface area contributed by atoms with Crippen LogP contribution in [0.1, 0.15) is 12.8 Å². The van der Waals surface area contributed by atoms with E-state index in [4.69, 9.17) is 10.5 Å². The molecule has 1 aliphatic rings. The van der Waals surface area contributed by atoms with Gasteiger partial charge in [-0.2, -0.15) is 0 Å². The summed E-state index contributed by atoms with van der Waals surface area (Å²) < 4.78 is 4.96. The zero-order valence-corrected chi connectivity index (χ0v) is 7.49. The van der Waals surface area contributed by atoms with Crippen LogP contribution in [0.4, 0.5) is 0 Å². The smallest absolute Gasteiger partial charge is 0.248 e. The fourth-order valence-corrected chi connectivity index (χ4v) is 1.23. The zero-order chi connectivity index (χ0) is 9.68. The first kappa shape index (κ1) is 9.98. The monoisotopic (exact) mass is 186 g/mol. The largest absolute Gasteiger partial charge is 0.370 e. The number of carbonyl (C=O) groups excluding carboxylic acids is 2. The Morgan fingerprint density at radius 2 is 2.38 bits per heavy atom. The number of ether oxygens (including phenoxy) is 1. The summed E-state index contributed by atoms with van der Waals surface area (Å²) in [7, 11) is 0. The third-order valence-electron chi connectivity index (χ3n) is 1.93. The summed E-state index contributed by atoms with van der Waals surface area (Å²) >= 11 is 0. The molecule has 0 unspecified atom stereocenters. The van der Waals surface area contributed by atoms with Crippen LogP contribution >= 0.6 is 0 Å². The number of rotatable bonds is 4. The van der Waals surface area contributed by atoms with Crippen LogP contribution in [0.2, 0.25) is 0 Å². The van der Waals surface area contributed by atoms with Gasteiger partial charge in [0.2, 0.25) is 11.8 Å². The number of nitrogens with zero attached hydrogens (tertiary/aromatic N) is 1. The zero-order valence-electron chi connectivity index (χ0n) is 7.49. The Balaban J connectivity index is 2.19. The Kier molecular flexibility index (Phi) is 3.70. The van der Waals surface area contributed by atoms with Crippen molar-refractivity contribution in [2.24, 2.45) is 5.73 Å². The molecule has 0 bridgehead atoms. The first-order chi connectivity index (χ1) is 6.20. The predicted octanol–water partition coefficient (Wildman–Crippen LogP) is -0.889. The van der Waals surface area contributed by atoms with E-state index >= 15 is 0 Å². The lowest BCUT2D eigenvalue weighted by molar-refractivity contribution is -0.142. The van der Waals surface area contributed by atoms with Crippen LogP contribution < -0.4 is 5.73 Å².